The minimum atomic E-state index is -0.754. The molecular weight excluding hydrogens is 397 g/mol. The third-order valence-corrected chi connectivity index (χ3v) is 4.63. The maximum Gasteiger partial charge on any atom is 0.311 e. The van der Waals surface area contributed by atoms with E-state index in [2.05, 4.69) is 5.32 Å². The van der Waals surface area contributed by atoms with Crippen LogP contribution in [-0.4, -0.2) is 35.9 Å². The molecule has 1 fully saturated rings. The number of benzene rings is 2. The number of nitro groups is 1. The van der Waals surface area contributed by atoms with Gasteiger partial charge in [-0.1, -0.05) is 6.07 Å². The largest absolute Gasteiger partial charge is 0.455 e. The first kappa shape index (κ1) is 20.9. The standard InChI is InChI=1S/C20H18FN3O6/c1-12-2-5-15(9-17(12)24(28)29)22-18(25)11-30-20(27)13-8-19(26)23(10-13)16-6-3-14(21)4-7-16/h2-7,9,13H,8,10-11H2,1H3,(H,22,25)/t13-/m0/s1. The fraction of sp³-hybridized carbons (Fsp3) is 0.250. The monoisotopic (exact) mass is 415 g/mol. The van der Waals surface area contributed by atoms with Gasteiger partial charge in [-0.2, -0.15) is 0 Å². The van der Waals surface area contributed by atoms with Crippen LogP contribution in [0.4, 0.5) is 21.5 Å². The average molecular weight is 415 g/mol. The number of carbonyl (C=O) groups excluding carboxylic acids is 3. The second-order valence-corrected chi connectivity index (χ2v) is 6.80. The van der Waals surface area contributed by atoms with Gasteiger partial charge in [0.05, 0.1) is 10.8 Å². The van der Waals surface area contributed by atoms with Crippen molar-refractivity contribution in [3.63, 3.8) is 0 Å². The molecule has 9 nitrogen and oxygen atoms in total. The molecule has 1 aliphatic heterocycles. The molecule has 0 bridgehead atoms. The molecule has 1 saturated heterocycles. The van der Waals surface area contributed by atoms with Crippen LogP contribution in [0.1, 0.15) is 12.0 Å². The summed E-state index contributed by atoms with van der Waals surface area (Å²) < 4.78 is 18.0. The molecule has 30 heavy (non-hydrogen) atoms. The molecular formula is C20H18FN3O6. The van der Waals surface area contributed by atoms with Gasteiger partial charge in [-0.05, 0) is 37.3 Å². The van der Waals surface area contributed by atoms with E-state index in [1.807, 2.05) is 0 Å². The molecule has 2 amide bonds. The zero-order valence-electron chi connectivity index (χ0n) is 16.0. The quantitative estimate of drug-likeness (QED) is 0.440. The van der Waals surface area contributed by atoms with Crippen molar-refractivity contribution >= 4 is 34.8 Å². The molecule has 2 aromatic carbocycles. The maximum atomic E-state index is 13.0. The number of amides is 2. The van der Waals surface area contributed by atoms with Crippen molar-refractivity contribution in [2.24, 2.45) is 5.92 Å². The maximum absolute atomic E-state index is 13.0. The van der Waals surface area contributed by atoms with Crippen molar-refractivity contribution in [1.29, 1.82) is 0 Å². The van der Waals surface area contributed by atoms with Crippen molar-refractivity contribution < 1.29 is 28.4 Å². The zero-order valence-corrected chi connectivity index (χ0v) is 16.0. The predicted octanol–water partition coefficient (Wildman–Crippen LogP) is 2.58. The molecule has 0 spiro atoms. The lowest BCUT2D eigenvalue weighted by molar-refractivity contribution is -0.385. The van der Waals surface area contributed by atoms with Crippen LogP contribution in [0.2, 0.25) is 0 Å². The number of carbonyl (C=O) groups is 3. The van der Waals surface area contributed by atoms with Crippen LogP contribution < -0.4 is 10.2 Å². The molecule has 0 saturated carbocycles. The van der Waals surface area contributed by atoms with Crippen LogP contribution in [-0.2, 0) is 19.1 Å². The highest BCUT2D eigenvalue weighted by molar-refractivity contribution is 6.00. The molecule has 3 rings (SSSR count). The molecule has 0 aliphatic carbocycles. The Balaban J connectivity index is 1.53. The van der Waals surface area contributed by atoms with Gasteiger partial charge in [0.1, 0.15) is 5.82 Å². The molecule has 156 valence electrons. The van der Waals surface area contributed by atoms with E-state index < -0.39 is 35.1 Å². The van der Waals surface area contributed by atoms with Crippen LogP contribution in [0, 0.1) is 28.8 Å². The Morgan fingerprint density at radius 2 is 1.97 bits per heavy atom. The number of esters is 1. The highest BCUT2D eigenvalue weighted by Crippen LogP contribution is 2.26. The molecule has 0 aromatic heterocycles. The normalized spacial score (nSPS) is 15.7. The summed E-state index contributed by atoms with van der Waals surface area (Å²) in [6.07, 6.45) is -0.0814. The van der Waals surface area contributed by atoms with Gasteiger partial charge >= 0.3 is 5.97 Å². The Hall–Kier alpha value is -3.82. The number of anilines is 2. The van der Waals surface area contributed by atoms with Crippen molar-refractivity contribution in [2.45, 2.75) is 13.3 Å². The van der Waals surface area contributed by atoms with Crippen molar-refractivity contribution in [1.82, 2.24) is 0 Å². The lowest BCUT2D eigenvalue weighted by Gasteiger charge is -2.16. The molecule has 0 radical (unpaired) electrons. The minimum absolute atomic E-state index is 0.0646. The Morgan fingerprint density at radius 1 is 1.27 bits per heavy atom. The number of ether oxygens (including phenoxy) is 1. The number of nitrogens with zero attached hydrogens (tertiary/aromatic N) is 2. The smallest absolute Gasteiger partial charge is 0.311 e. The summed E-state index contributed by atoms with van der Waals surface area (Å²) in [7, 11) is 0. The molecule has 2 aromatic rings. The third-order valence-electron chi connectivity index (χ3n) is 4.63. The summed E-state index contributed by atoms with van der Waals surface area (Å²) >= 11 is 0. The summed E-state index contributed by atoms with van der Waals surface area (Å²) in [5.74, 6) is -2.87. The Labute approximate surface area is 170 Å². The van der Waals surface area contributed by atoms with E-state index in [0.29, 0.717) is 11.3 Å². The van der Waals surface area contributed by atoms with Gasteiger partial charge in [-0.3, -0.25) is 24.5 Å². The summed E-state index contributed by atoms with van der Waals surface area (Å²) in [6, 6.07) is 9.52. The lowest BCUT2D eigenvalue weighted by Crippen LogP contribution is -2.28. The molecule has 1 N–H and O–H groups in total. The number of hydrogen-bond acceptors (Lipinski definition) is 6. The third kappa shape index (κ3) is 4.77. The van der Waals surface area contributed by atoms with E-state index in [1.54, 1.807) is 6.92 Å². The van der Waals surface area contributed by atoms with Crippen LogP contribution in [0.3, 0.4) is 0 Å². The Morgan fingerprint density at radius 3 is 2.63 bits per heavy atom. The highest BCUT2D eigenvalue weighted by Gasteiger charge is 2.36. The van der Waals surface area contributed by atoms with Gasteiger partial charge in [-0.15, -0.1) is 0 Å². The number of hydrogen-bond donors (Lipinski definition) is 1. The first-order chi connectivity index (χ1) is 14.2. The van der Waals surface area contributed by atoms with Crippen molar-refractivity contribution in [2.75, 3.05) is 23.4 Å². The molecule has 0 unspecified atom stereocenters. The van der Waals surface area contributed by atoms with Gasteiger partial charge in [0.15, 0.2) is 6.61 Å². The van der Waals surface area contributed by atoms with Crippen LogP contribution >= 0.6 is 0 Å². The number of rotatable bonds is 6. The number of nitrogens with one attached hydrogen (secondary N) is 1. The second-order valence-electron chi connectivity index (χ2n) is 6.80. The summed E-state index contributed by atoms with van der Waals surface area (Å²) in [6.45, 7) is 1.04. The Bertz CT molecular complexity index is 1010. The van der Waals surface area contributed by atoms with Crippen LogP contribution in [0.5, 0.6) is 0 Å². The van der Waals surface area contributed by atoms with E-state index in [0.717, 1.165) is 0 Å². The van der Waals surface area contributed by atoms with Crippen LogP contribution in [0.25, 0.3) is 0 Å². The zero-order chi connectivity index (χ0) is 21.8. The fourth-order valence-corrected chi connectivity index (χ4v) is 3.07. The molecule has 1 aliphatic rings. The number of nitro benzene ring substituents is 1. The van der Waals surface area contributed by atoms with Crippen LogP contribution in [0.15, 0.2) is 42.5 Å². The first-order valence-corrected chi connectivity index (χ1v) is 9.02. The van der Waals surface area contributed by atoms with Crippen molar-refractivity contribution in [3.05, 3.63) is 64.0 Å². The Kier molecular flexibility index (Phi) is 6.05. The first-order valence-electron chi connectivity index (χ1n) is 9.02. The van der Waals surface area contributed by atoms with Gasteiger partial charge < -0.3 is 15.0 Å². The van der Waals surface area contributed by atoms with E-state index in [1.165, 1.54) is 47.4 Å². The van der Waals surface area contributed by atoms with Crippen molar-refractivity contribution in [3.8, 4) is 0 Å². The van der Waals surface area contributed by atoms with E-state index in [9.17, 15) is 28.9 Å². The fourth-order valence-electron chi connectivity index (χ4n) is 3.07. The average Bonchev–Trinajstić information content (AvgIpc) is 3.09. The predicted molar refractivity (Wildman–Crippen MR) is 104 cm³/mol. The summed E-state index contributed by atoms with van der Waals surface area (Å²) in [4.78, 5) is 48.2. The minimum Gasteiger partial charge on any atom is -0.455 e. The molecule has 1 atom stereocenters. The van der Waals surface area contributed by atoms with E-state index >= 15 is 0 Å². The molecule has 1 heterocycles. The lowest BCUT2D eigenvalue weighted by atomic mass is 10.1. The number of halogens is 1. The van der Waals surface area contributed by atoms with Gasteiger partial charge in [0.2, 0.25) is 5.91 Å². The molecule has 10 heteroatoms. The van der Waals surface area contributed by atoms with Gasteiger partial charge in [0, 0.05) is 36.0 Å². The second kappa shape index (κ2) is 8.68. The van der Waals surface area contributed by atoms with E-state index in [4.69, 9.17) is 4.74 Å². The topological polar surface area (TPSA) is 119 Å². The summed E-state index contributed by atoms with van der Waals surface area (Å²) in [5.41, 5.74) is 0.971. The van der Waals surface area contributed by atoms with E-state index in [-0.39, 0.29) is 30.2 Å². The SMILES string of the molecule is Cc1ccc(NC(=O)COC(=O)[C@H]2CC(=O)N(c3ccc(F)cc3)C2)cc1[N+](=O)[O-]. The number of aryl methyl sites for hydroxylation is 1. The van der Waals surface area contributed by atoms with Gasteiger partial charge in [-0.25, -0.2) is 4.39 Å². The van der Waals surface area contributed by atoms with Gasteiger partial charge in [0.25, 0.3) is 11.6 Å². The highest BCUT2D eigenvalue weighted by atomic mass is 19.1. The summed E-state index contributed by atoms with van der Waals surface area (Å²) in [5, 5.41) is 13.4.